The van der Waals surface area contributed by atoms with Crippen LogP contribution in [-0.2, 0) is 22.6 Å². The lowest BCUT2D eigenvalue weighted by Gasteiger charge is -2.27. The predicted molar refractivity (Wildman–Crippen MR) is 124 cm³/mol. The van der Waals surface area contributed by atoms with E-state index in [9.17, 15) is 9.59 Å². The number of urea groups is 1. The average Bonchev–Trinajstić information content (AvgIpc) is 3.30. The molecule has 6 nitrogen and oxygen atoms in total. The molecule has 7 heteroatoms. The zero-order valence-corrected chi connectivity index (χ0v) is 18.4. The van der Waals surface area contributed by atoms with Gasteiger partial charge in [-0.25, -0.2) is 4.79 Å². The van der Waals surface area contributed by atoms with Crippen molar-refractivity contribution in [3.8, 4) is 0 Å². The third-order valence-corrected chi connectivity index (χ3v) is 5.56. The number of amides is 3. The van der Waals surface area contributed by atoms with Gasteiger partial charge in [-0.05, 0) is 29.1 Å². The average molecular weight is 438 g/mol. The Kier molecular flexibility index (Phi) is 8.63. The van der Waals surface area contributed by atoms with E-state index in [1.165, 1.54) is 4.90 Å². The van der Waals surface area contributed by atoms with Gasteiger partial charge in [0.25, 0.3) is 0 Å². The molecule has 0 aliphatic heterocycles. The van der Waals surface area contributed by atoms with Gasteiger partial charge in [-0.2, -0.15) is 0 Å². The largest absolute Gasteiger partial charge is 0.383 e. The molecule has 0 saturated carbocycles. The molecular weight excluding hydrogens is 410 g/mol. The van der Waals surface area contributed by atoms with E-state index in [2.05, 4.69) is 5.32 Å². The van der Waals surface area contributed by atoms with Crippen LogP contribution in [0.5, 0.6) is 0 Å². The van der Waals surface area contributed by atoms with Gasteiger partial charge >= 0.3 is 6.03 Å². The zero-order valence-electron chi connectivity index (χ0n) is 17.6. The highest BCUT2D eigenvalue weighted by Crippen LogP contribution is 2.15. The van der Waals surface area contributed by atoms with E-state index < -0.39 is 0 Å². The zero-order chi connectivity index (χ0) is 21.9. The Morgan fingerprint density at radius 1 is 0.903 bits per heavy atom. The molecule has 0 saturated heterocycles. The van der Waals surface area contributed by atoms with Crippen molar-refractivity contribution < 1.29 is 14.3 Å². The van der Waals surface area contributed by atoms with Gasteiger partial charge in [0.2, 0.25) is 5.91 Å². The van der Waals surface area contributed by atoms with Crippen molar-refractivity contribution >= 4 is 29.0 Å². The number of hydrogen-bond acceptors (Lipinski definition) is 4. The molecule has 1 aromatic heterocycles. The molecule has 1 N–H and O–H groups in total. The van der Waals surface area contributed by atoms with Crippen molar-refractivity contribution in [2.24, 2.45) is 0 Å². The van der Waals surface area contributed by atoms with Crippen molar-refractivity contribution in [1.29, 1.82) is 0 Å². The van der Waals surface area contributed by atoms with E-state index in [1.807, 2.05) is 78.2 Å². The van der Waals surface area contributed by atoms with Crippen LogP contribution in [0.15, 0.2) is 78.2 Å². The van der Waals surface area contributed by atoms with Crippen molar-refractivity contribution in [3.63, 3.8) is 0 Å². The molecule has 2 aromatic carbocycles. The van der Waals surface area contributed by atoms with E-state index in [4.69, 9.17) is 4.74 Å². The van der Waals surface area contributed by atoms with Gasteiger partial charge in [-0.3, -0.25) is 4.79 Å². The smallest absolute Gasteiger partial charge is 0.322 e. The molecule has 0 fully saturated rings. The number of thiophene rings is 1. The maximum atomic E-state index is 13.3. The molecule has 162 valence electrons. The quantitative estimate of drug-likeness (QED) is 0.509. The summed E-state index contributed by atoms with van der Waals surface area (Å²) in [5.41, 5.74) is 1.73. The fourth-order valence-corrected chi connectivity index (χ4v) is 3.79. The normalized spacial score (nSPS) is 10.5. The minimum Gasteiger partial charge on any atom is -0.383 e. The first-order valence-electron chi connectivity index (χ1n) is 10.1. The summed E-state index contributed by atoms with van der Waals surface area (Å²) in [6, 6.07) is 22.7. The van der Waals surface area contributed by atoms with Crippen molar-refractivity contribution in [2.45, 2.75) is 13.1 Å². The van der Waals surface area contributed by atoms with E-state index in [1.54, 1.807) is 23.3 Å². The number of carbonyl (C=O) groups excluding carboxylic acids is 2. The number of rotatable bonds is 10. The topological polar surface area (TPSA) is 61.9 Å². The van der Waals surface area contributed by atoms with Crippen LogP contribution in [0.2, 0.25) is 0 Å². The highest BCUT2D eigenvalue weighted by molar-refractivity contribution is 7.09. The monoisotopic (exact) mass is 437 g/mol. The lowest BCUT2D eigenvalue weighted by atomic mass is 10.2. The maximum absolute atomic E-state index is 13.3. The number of carbonyl (C=O) groups is 2. The molecule has 31 heavy (non-hydrogen) atoms. The van der Waals surface area contributed by atoms with Gasteiger partial charge in [0.1, 0.15) is 6.54 Å². The molecule has 0 aliphatic rings. The lowest BCUT2D eigenvalue weighted by molar-refractivity contribution is -0.133. The maximum Gasteiger partial charge on any atom is 0.322 e. The SMILES string of the molecule is COCCN(CC(=O)N(Cc1ccccc1)Cc1cccs1)C(=O)Nc1ccccc1. The number of para-hydroxylation sites is 1. The van der Waals surface area contributed by atoms with E-state index in [-0.39, 0.29) is 18.5 Å². The van der Waals surface area contributed by atoms with Crippen LogP contribution in [-0.4, -0.2) is 48.5 Å². The summed E-state index contributed by atoms with van der Waals surface area (Å²) in [5.74, 6) is -0.114. The molecular formula is C24H27N3O3S. The van der Waals surface area contributed by atoms with Crippen molar-refractivity contribution in [3.05, 3.63) is 88.6 Å². The Labute approximate surface area is 187 Å². The first-order chi connectivity index (χ1) is 15.2. The number of benzene rings is 2. The van der Waals surface area contributed by atoms with Gasteiger partial charge in [0.15, 0.2) is 0 Å². The third kappa shape index (κ3) is 7.24. The number of ether oxygens (including phenoxy) is 1. The Balaban J connectivity index is 1.72. The van der Waals surface area contributed by atoms with Crippen molar-refractivity contribution in [1.82, 2.24) is 9.80 Å². The Morgan fingerprint density at radius 3 is 2.26 bits per heavy atom. The van der Waals surface area contributed by atoms with Crippen LogP contribution in [0.25, 0.3) is 0 Å². The van der Waals surface area contributed by atoms with Gasteiger partial charge in [-0.15, -0.1) is 11.3 Å². The molecule has 0 aliphatic carbocycles. The number of anilines is 1. The molecule has 1 heterocycles. The first-order valence-corrected chi connectivity index (χ1v) is 11.0. The second kappa shape index (κ2) is 11.9. The molecule has 0 unspecified atom stereocenters. The standard InChI is InChI=1S/C24H27N3O3S/c1-30-15-14-26(24(29)25-21-11-6-3-7-12-21)19-23(28)27(18-22-13-8-16-31-22)17-20-9-4-2-5-10-20/h2-13,16H,14-15,17-19H2,1H3,(H,25,29). The van der Waals surface area contributed by atoms with Crippen LogP contribution in [0, 0.1) is 0 Å². The van der Waals surface area contributed by atoms with E-state index in [0.29, 0.717) is 31.9 Å². The Hall–Kier alpha value is -3.16. The van der Waals surface area contributed by atoms with E-state index >= 15 is 0 Å². The van der Waals surface area contributed by atoms with Gasteiger partial charge in [-0.1, -0.05) is 54.6 Å². The second-order valence-corrected chi connectivity index (χ2v) is 8.06. The lowest BCUT2D eigenvalue weighted by Crippen LogP contribution is -2.45. The summed E-state index contributed by atoms with van der Waals surface area (Å²) < 4.78 is 5.15. The molecule has 0 atom stereocenters. The van der Waals surface area contributed by atoms with E-state index in [0.717, 1.165) is 10.4 Å². The fourth-order valence-electron chi connectivity index (χ4n) is 3.07. The highest BCUT2D eigenvalue weighted by Gasteiger charge is 2.22. The molecule has 3 amide bonds. The van der Waals surface area contributed by atoms with Crippen LogP contribution in [0.1, 0.15) is 10.4 Å². The number of nitrogens with zero attached hydrogens (tertiary/aromatic N) is 2. The fraction of sp³-hybridized carbons (Fsp3) is 0.250. The molecule has 0 radical (unpaired) electrons. The number of methoxy groups -OCH3 is 1. The summed E-state index contributed by atoms with van der Waals surface area (Å²) in [7, 11) is 1.58. The van der Waals surface area contributed by atoms with Gasteiger partial charge in [0.05, 0.1) is 13.2 Å². The third-order valence-electron chi connectivity index (χ3n) is 4.70. The summed E-state index contributed by atoms with van der Waals surface area (Å²) >= 11 is 1.61. The van der Waals surface area contributed by atoms with Crippen LogP contribution in [0.3, 0.4) is 0 Å². The van der Waals surface area contributed by atoms with Crippen LogP contribution in [0.4, 0.5) is 10.5 Å². The van der Waals surface area contributed by atoms with Gasteiger partial charge < -0.3 is 19.9 Å². The van der Waals surface area contributed by atoms with Crippen LogP contribution >= 0.6 is 11.3 Å². The first kappa shape index (κ1) is 22.5. The Morgan fingerprint density at radius 2 is 1.61 bits per heavy atom. The molecule has 0 spiro atoms. The van der Waals surface area contributed by atoms with Gasteiger partial charge in [0, 0.05) is 30.8 Å². The minimum atomic E-state index is -0.326. The highest BCUT2D eigenvalue weighted by atomic mass is 32.1. The molecule has 3 aromatic rings. The summed E-state index contributed by atoms with van der Waals surface area (Å²) in [6.07, 6.45) is 0. The molecule has 0 bridgehead atoms. The Bertz CT molecular complexity index is 933. The minimum absolute atomic E-state index is 0.0275. The summed E-state index contributed by atoms with van der Waals surface area (Å²) in [4.78, 5) is 30.5. The predicted octanol–water partition coefficient (Wildman–Crippen LogP) is 4.46. The number of nitrogens with one attached hydrogen (secondary N) is 1. The molecule has 3 rings (SSSR count). The number of hydrogen-bond donors (Lipinski definition) is 1. The van der Waals surface area contributed by atoms with Crippen LogP contribution < -0.4 is 5.32 Å². The summed E-state index contributed by atoms with van der Waals surface area (Å²) in [5, 5.41) is 4.85. The second-order valence-electron chi connectivity index (χ2n) is 7.03. The summed E-state index contributed by atoms with van der Waals surface area (Å²) in [6.45, 7) is 1.62. The van der Waals surface area contributed by atoms with Crippen molar-refractivity contribution in [2.75, 3.05) is 32.1 Å².